The van der Waals surface area contributed by atoms with Crippen LogP contribution in [0, 0.1) is 0 Å². The van der Waals surface area contributed by atoms with Gasteiger partial charge in [0.05, 0.1) is 19.8 Å². The Bertz CT molecular complexity index is 729. The summed E-state index contributed by atoms with van der Waals surface area (Å²) in [5.74, 6) is -0.0625. The number of anilines is 1. The fourth-order valence-corrected chi connectivity index (χ4v) is 2.18. The second-order valence-corrected chi connectivity index (χ2v) is 5.53. The number of hydrogen-bond acceptors (Lipinski definition) is 6. The van der Waals surface area contributed by atoms with Gasteiger partial charge in [-0.15, -0.1) is 0 Å². The number of nitrogens with one attached hydrogen (secondary N) is 1. The van der Waals surface area contributed by atoms with Crippen molar-refractivity contribution in [1.82, 2.24) is 4.98 Å². The van der Waals surface area contributed by atoms with E-state index in [9.17, 15) is 9.59 Å². The van der Waals surface area contributed by atoms with Crippen LogP contribution in [0.5, 0.6) is 11.5 Å². The monoisotopic (exact) mass is 394 g/mol. The van der Waals surface area contributed by atoms with Crippen molar-refractivity contribution in [1.29, 1.82) is 0 Å². The van der Waals surface area contributed by atoms with Gasteiger partial charge in [-0.25, -0.2) is 4.79 Å². The largest absolute Gasteiger partial charge is 0.497 e. The van der Waals surface area contributed by atoms with Crippen LogP contribution >= 0.6 is 15.9 Å². The number of aromatic nitrogens is 1. The lowest BCUT2D eigenvalue weighted by Gasteiger charge is -2.10. The highest BCUT2D eigenvalue weighted by atomic mass is 79.9. The molecule has 1 N–H and O–H groups in total. The first-order chi connectivity index (χ1) is 11.5. The van der Waals surface area contributed by atoms with Crippen molar-refractivity contribution in [2.75, 3.05) is 26.1 Å². The second-order valence-electron chi connectivity index (χ2n) is 4.62. The van der Waals surface area contributed by atoms with E-state index in [2.05, 4.69) is 26.2 Å². The Balaban J connectivity index is 1.95. The molecular weight excluding hydrogens is 380 g/mol. The Morgan fingerprint density at radius 2 is 1.75 bits per heavy atom. The van der Waals surface area contributed by atoms with Crippen molar-refractivity contribution < 1.29 is 23.8 Å². The van der Waals surface area contributed by atoms with Crippen LogP contribution in [0.4, 0.5) is 5.69 Å². The first-order valence-electron chi connectivity index (χ1n) is 6.82. The third-order valence-corrected chi connectivity index (χ3v) is 3.34. The van der Waals surface area contributed by atoms with Crippen molar-refractivity contribution in [3.63, 3.8) is 0 Å². The zero-order chi connectivity index (χ0) is 17.5. The Hall–Kier alpha value is -2.61. The number of ether oxygens (including phenoxy) is 3. The molecule has 0 radical (unpaired) electrons. The first kappa shape index (κ1) is 17.7. The molecule has 7 nitrogen and oxygen atoms in total. The van der Waals surface area contributed by atoms with E-state index in [1.165, 1.54) is 20.4 Å². The molecule has 126 valence electrons. The molecule has 0 aliphatic heterocycles. The predicted octanol–water partition coefficient (Wildman–Crippen LogP) is 2.66. The van der Waals surface area contributed by atoms with E-state index in [0.717, 1.165) is 0 Å². The summed E-state index contributed by atoms with van der Waals surface area (Å²) in [7, 11) is 3.02. The average Bonchev–Trinajstić information content (AvgIpc) is 2.59. The standard InChI is InChI=1S/C16H15BrN2O5/c1-22-13-4-12(5-14(6-13)23-2)19-15(20)9-24-16(21)10-3-11(17)8-18-7-10/h3-8H,9H2,1-2H3,(H,19,20). The summed E-state index contributed by atoms with van der Waals surface area (Å²) in [5, 5.41) is 2.61. The third kappa shape index (κ3) is 4.95. The lowest BCUT2D eigenvalue weighted by atomic mass is 10.2. The van der Waals surface area contributed by atoms with E-state index >= 15 is 0 Å². The number of halogens is 1. The van der Waals surface area contributed by atoms with Gasteiger partial charge in [0.2, 0.25) is 0 Å². The van der Waals surface area contributed by atoms with Crippen LogP contribution < -0.4 is 14.8 Å². The molecule has 0 saturated carbocycles. The lowest BCUT2D eigenvalue weighted by molar-refractivity contribution is -0.119. The molecular formula is C16H15BrN2O5. The topological polar surface area (TPSA) is 86.8 Å². The minimum absolute atomic E-state index is 0.250. The number of benzene rings is 1. The van der Waals surface area contributed by atoms with Gasteiger partial charge in [-0.05, 0) is 22.0 Å². The zero-order valence-electron chi connectivity index (χ0n) is 13.0. The fourth-order valence-electron chi connectivity index (χ4n) is 1.81. The van der Waals surface area contributed by atoms with Crippen molar-refractivity contribution in [2.24, 2.45) is 0 Å². The zero-order valence-corrected chi connectivity index (χ0v) is 14.6. The van der Waals surface area contributed by atoms with Crippen molar-refractivity contribution in [3.05, 3.63) is 46.7 Å². The van der Waals surface area contributed by atoms with E-state index in [1.54, 1.807) is 30.5 Å². The Labute approximate surface area is 147 Å². The highest BCUT2D eigenvalue weighted by Crippen LogP contribution is 2.25. The molecule has 0 aliphatic rings. The Morgan fingerprint density at radius 1 is 1.08 bits per heavy atom. The molecule has 0 atom stereocenters. The molecule has 8 heteroatoms. The van der Waals surface area contributed by atoms with Crippen LogP contribution in [-0.4, -0.2) is 37.7 Å². The van der Waals surface area contributed by atoms with E-state index in [1.807, 2.05) is 0 Å². The first-order valence-corrected chi connectivity index (χ1v) is 7.61. The minimum Gasteiger partial charge on any atom is -0.497 e. The number of esters is 1. The molecule has 0 saturated heterocycles. The summed E-state index contributed by atoms with van der Waals surface area (Å²) in [6.07, 6.45) is 2.90. The molecule has 1 amide bonds. The molecule has 2 aromatic rings. The van der Waals surface area contributed by atoms with E-state index in [0.29, 0.717) is 21.7 Å². The number of hydrogen-bond donors (Lipinski definition) is 1. The molecule has 0 bridgehead atoms. The average molecular weight is 395 g/mol. The van der Waals surface area contributed by atoms with Crippen LogP contribution in [0.1, 0.15) is 10.4 Å². The number of pyridine rings is 1. The summed E-state index contributed by atoms with van der Waals surface area (Å²) in [5.41, 5.74) is 0.719. The summed E-state index contributed by atoms with van der Waals surface area (Å²) in [6.45, 7) is -0.426. The van der Waals surface area contributed by atoms with Gasteiger partial charge < -0.3 is 19.5 Å². The Morgan fingerprint density at radius 3 is 2.33 bits per heavy atom. The van der Waals surface area contributed by atoms with Crippen LogP contribution in [0.25, 0.3) is 0 Å². The maximum absolute atomic E-state index is 11.9. The molecule has 0 unspecified atom stereocenters. The van der Waals surface area contributed by atoms with Gasteiger partial charge in [0.15, 0.2) is 6.61 Å². The molecule has 1 heterocycles. The summed E-state index contributed by atoms with van der Waals surface area (Å²) in [6, 6.07) is 6.48. The maximum Gasteiger partial charge on any atom is 0.340 e. The van der Waals surface area contributed by atoms with Gasteiger partial charge in [0.25, 0.3) is 5.91 Å². The Kier molecular flexibility index (Phi) is 6.14. The van der Waals surface area contributed by atoms with Crippen LogP contribution in [0.2, 0.25) is 0 Å². The minimum atomic E-state index is -0.637. The summed E-state index contributed by atoms with van der Waals surface area (Å²) in [4.78, 5) is 27.6. The van der Waals surface area contributed by atoms with Crippen molar-refractivity contribution in [2.45, 2.75) is 0 Å². The molecule has 2 rings (SSSR count). The molecule has 1 aromatic carbocycles. The normalized spacial score (nSPS) is 9.96. The van der Waals surface area contributed by atoms with Crippen molar-refractivity contribution in [3.8, 4) is 11.5 Å². The number of rotatable bonds is 6. The van der Waals surface area contributed by atoms with Crippen LogP contribution in [-0.2, 0) is 9.53 Å². The predicted molar refractivity (Wildman–Crippen MR) is 90.4 cm³/mol. The molecule has 24 heavy (non-hydrogen) atoms. The number of carbonyl (C=O) groups excluding carboxylic acids is 2. The lowest BCUT2D eigenvalue weighted by Crippen LogP contribution is -2.21. The number of nitrogens with zero attached hydrogens (tertiary/aromatic N) is 1. The van der Waals surface area contributed by atoms with Gasteiger partial charge >= 0.3 is 5.97 Å². The van der Waals surface area contributed by atoms with Gasteiger partial charge in [-0.2, -0.15) is 0 Å². The number of methoxy groups -OCH3 is 2. The van der Waals surface area contributed by atoms with E-state index < -0.39 is 18.5 Å². The number of carbonyl (C=O) groups is 2. The van der Waals surface area contributed by atoms with Gasteiger partial charge in [-0.3, -0.25) is 9.78 Å². The molecule has 1 aromatic heterocycles. The molecule has 0 spiro atoms. The van der Waals surface area contributed by atoms with Gasteiger partial charge in [0, 0.05) is 40.8 Å². The van der Waals surface area contributed by atoms with Crippen LogP contribution in [0.3, 0.4) is 0 Å². The van der Waals surface area contributed by atoms with Gasteiger partial charge in [-0.1, -0.05) is 0 Å². The third-order valence-electron chi connectivity index (χ3n) is 2.91. The SMILES string of the molecule is COc1cc(NC(=O)COC(=O)c2cncc(Br)c2)cc(OC)c1. The summed E-state index contributed by atoms with van der Waals surface area (Å²) < 4.78 is 15.8. The summed E-state index contributed by atoms with van der Waals surface area (Å²) >= 11 is 3.21. The number of amides is 1. The molecule has 0 fully saturated rings. The highest BCUT2D eigenvalue weighted by Gasteiger charge is 2.12. The smallest absolute Gasteiger partial charge is 0.340 e. The van der Waals surface area contributed by atoms with E-state index in [-0.39, 0.29) is 5.56 Å². The second kappa shape index (κ2) is 8.30. The van der Waals surface area contributed by atoms with Gasteiger partial charge in [0.1, 0.15) is 11.5 Å². The van der Waals surface area contributed by atoms with Crippen molar-refractivity contribution >= 4 is 33.5 Å². The molecule has 0 aliphatic carbocycles. The quantitative estimate of drug-likeness (QED) is 0.757. The van der Waals surface area contributed by atoms with Crippen LogP contribution in [0.15, 0.2) is 41.1 Å². The fraction of sp³-hybridized carbons (Fsp3) is 0.188. The highest BCUT2D eigenvalue weighted by molar-refractivity contribution is 9.10. The maximum atomic E-state index is 11.9. The van der Waals surface area contributed by atoms with E-state index in [4.69, 9.17) is 14.2 Å².